The van der Waals surface area contributed by atoms with Gasteiger partial charge in [-0.2, -0.15) is 0 Å². The third kappa shape index (κ3) is 2.89. The minimum absolute atomic E-state index is 0.149. The maximum Gasteiger partial charge on any atom is 0.268 e. The summed E-state index contributed by atoms with van der Waals surface area (Å²) >= 11 is 1.36. The first-order chi connectivity index (χ1) is 8.20. The summed E-state index contributed by atoms with van der Waals surface area (Å²) in [6.45, 7) is 0.306. The van der Waals surface area contributed by atoms with E-state index in [-0.39, 0.29) is 18.7 Å². The van der Waals surface area contributed by atoms with Gasteiger partial charge in [-0.25, -0.2) is 4.98 Å². The number of nitrogens with zero attached hydrogens (tertiary/aromatic N) is 1. The SMILES string of the molecule is O=c1[nH]c(CNCC(O)CO)nc2ccsc12. The lowest BCUT2D eigenvalue weighted by atomic mass is 10.3. The van der Waals surface area contributed by atoms with Crippen molar-refractivity contribution in [2.24, 2.45) is 0 Å². The molecule has 0 saturated heterocycles. The van der Waals surface area contributed by atoms with E-state index in [1.807, 2.05) is 5.38 Å². The normalized spacial score (nSPS) is 13.1. The van der Waals surface area contributed by atoms with Crippen molar-refractivity contribution in [2.75, 3.05) is 13.2 Å². The molecule has 6 nitrogen and oxygen atoms in total. The average molecular weight is 255 g/mol. The van der Waals surface area contributed by atoms with Crippen LogP contribution in [0, 0.1) is 0 Å². The van der Waals surface area contributed by atoms with Gasteiger partial charge in [0, 0.05) is 6.54 Å². The van der Waals surface area contributed by atoms with E-state index >= 15 is 0 Å². The Labute approximate surface area is 101 Å². The molecule has 0 saturated carbocycles. The second kappa shape index (κ2) is 5.37. The van der Waals surface area contributed by atoms with Crippen LogP contribution in [-0.2, 0) is 6.54 Å². The molecule has 7 heteroatoms. The molecule has 0 aliphatic rings. The predicted octanol–water partition coefficient (Wildman–Crippen LogP) is -0.573. The molecule has 17 heavy (non-hydrogen) atoms. The lowest BCUT2D eigenvalue weighted by Gasteiger charge is -2.08. The smallest absolute Gasteiger partial charge is 0.268 e. The van der Waals surface area contributed by atoms with Crippen molar-refractivity contribution in [2.45, 2.75) is 12.6 Å². The van der Waals surface area contributed by atoms with Gasteiger partial charge >= 0.3 is 0 Å². The third-order valence-electron chi connectivity index (χ3n) is 2.25. The van der Waals surface area contributed by atoms with E-state index in [1.165, 1.54) is 11.3 Å². The number of hydrogen-bond acceptors (Lipinski definition) is 6. The number of rotatable bonds is 5. The fraction of sp³-hybridized carbons (Fsp3) is 0.400. The highest BCUT2D eigenvalue weighted by molar-refractivity contribution is 7.17. The van der Waals surface area contributed by atoms with Crippen LogP contribution in [0.25, 0.3) is 10.2 Å². The number of aliphatic hydroxyl groups is 2. The van der Waals surface area contributed by atoms with Gasteiger partial charge in [-0.3, -0.25) is 4.79 Å². The molecule has 0 bridgehead atoms. The summed E-state index contributed by atoms with van der Waals surface area (Å²) in [5.41, 5.74) is 0.530. The van der Waals surface area contributed by atoms with Crippen LogP contribution < -0.4 is 10.9 Å². The van der Waals surface area contributed by atoms with Gasteiger partial charge in [0.15, 0.2) is 0 Å². The summed E-state index contributed by atoms with van der Waals surface area (Å²) in [4.78, 5) is 18.5. The first kappa shape index (κ1) is 12.2. The van der Waals surface area contributed by atoms with Crippen molar-refractivity contribution < 1.29 is 10.2 Å². The summed E-state index contributed by atoms with van der Waals surface area (Å²) in [7, 11) is 0. The lowest BCUT2D eigenvalue weighted by Crippen LogP contribution is -2.30. The van der Waals surface area contributed by atoms with E-state index in [0.717, 1.165) is 0 Å². The average Bonchev–Trinajstić information content (AvgIpc) is 2.77. The summed E-state index contributed by atoms with van der Waals surface area (Å²) in [5.74, 6) is 0.519. The van der Waals surface area contributed by atoms with Crippen LogP contribution in [-0.4, -0.2) is 39.4 Å². The van der Waals surface area contributed by atoms with Gasteiger partial charge in [0.25, 0.3) is 5.56 Å². The zero-order valence-corrected chi connectivity index (χ0v) is 9.83. The fourth-order valence-corrected chi connectivity index (χ4v) is 2.15. The van der Waals surface area contributed by atoms with E-state index in [2.05, 4.69) is 15.3 Å². The zero-order valence-electron chi connectivity index (χ0n) is 9.01. The first-order valence-electron chi connectivity index (χ1n) is 5.16. The largest absolute Gasteiger partial charge is 0.394 e. The molecule has 0 aliphatic heterocycles. The number of H-pyrrole nitrogens is 1. The van der Waals surface area contributed by atoms with E-state index in [9.17, 15) is 4.79 Å². The van der Waals surface area contributed by atoms with Gasteiger partial charge in [-0.05, 0) is 11.4 Å². The van der Waals surface area contributed by atoms with Crippen molar-refractivity contribution in [3.63, 3.8) is 0 Å². The van der Waals surface area contributed by atoms with Crippen LogP contribution in [0.3, 0.4) is 0 Å². The highest BCUT2D eigenvalue weighted by Gasteiger charge is 2.05. The molecular formula is C10H13N3O3S. The molecule has 0 spiro atoms. The van der Waals surface area contributed by atoms with E-state index in [0.29, 0.717) is 22.6 Å². The molecule has 0 fully saturated rings. The van der Waals surface area contributed by atoms with E-state index in [1.54, 1.807) is 6.07 Å². The van der Waals surface area contributed by atoms with Gasteiger partial charge in [0.05, 0.1) is 24.8 Å². The monoisotopic (exact) mass is 255 g/mol. The van der Waals surface area contributed by atoms with Crippen molar-refractivity contribution in [3.8, 4) is 0 Å². The molecule has 2 aromatic heterocycles. The molecule has 0 radical (unpaired) electrons. The maximum atomic E-state index is 11.6. The number of aromatic amines is 1. The molecular weight excluding hydrogens is 242 g/mol. The standard InChI is InChI=1S/C10H13N3O3S/c14-5-6(15)3-11-4-8-12-7-1-2-17-9(7)10(16)13-8/h1-2,6,11,14-15H,3-5H2,(H,12,13,16). The Morgan fingerprint density at radius 3 is 3.18 bits per heavy atom. The molecule has 4 N–H and O–H groups in total. The molecule has 2 rings (SSSR count). The quantitative estimate of drug-likeness (QED) is 0.573. The van der Waals surface area contributed by atoms with Gasteiger partial charge in [-0.15, -0.1) is 11.3 Å². The molecule has 2 heterocycles. The van der Waals surface area contributed by atoms with Gasteiger partial charge < -0.3 is 20.5 Å². The first-order valence-corrected chi connectivity index (χ1v) is 6.04. The minimum atomic E-state index is -0.799. The number of aromatic nitrogens is 2. The highest BCUT2D eigenvalue weighted by atomic mass is 32.1. The van der Waals surface area contributed by atoms with Crippen molar-refractivity contribution in [1.82, 2.24) is 15.3 Å². The highest BCUT2D eigenvalue weighted by Crippen LogP contribution is 2.13. The van der Waals surface area contributed by atoms with Crippen LogP contribution in [0.1, 0.15) is 5.82 Å². The van der Waals surface area contributed by atoms with Crippen molar-refractivity contribution in [3.05, 3.63) is 27.6 Å². The Hall–Kier alpha value is -1.28. The topological polar surface area (TPSA) is 98.2 Å². The Morgan fingerprint density at radius 1 is 1.59 bits per heavy atom. The third-order valence-corrected chi connectivity index (χ3v) is 3.15. The van der Waals surface area contributed by atoms with E-state index in [4.69, 9.17) is 10.2 Å². The Balaban J connectivity index is 2.06. The minimum Gasteiger partial charge on any atom is -0.394 e. The number of fused-ring (bicyclic) bond motifs is 1. The molecule has 0 amide bonds. The van der Waals surface area contributed by atoms with Crippen molar-refractivity contribution in [1.29, 1.82) is 0 Å². The number of hydrogen-bond donors (Lipinski definition) is 4. The number of nitrogens with one attached hydrogen (secondary N) is 2. The van der Waals surface area contributed by atoms with Crippen molar-refractivity contribution >= 4 is 21.6 Å². The van der Waals surface area contributed by atoms with Crippen LogP contribution in [0.2, 0.25) is 0 Å². The summed E-state index contributed by atoms with van der Waals surface area (Å²) in [6.07, 6.45) is -0.799. The maximum absolute atomic E-state index is 11.6. The van der Waals surface area contributed by atoms with Gasteiger partial charge in [0.1, 0.15) is 10.5 Å². The molecule has 2 aromatic rings. The Bertz CT molecular complexity index is 551. The summed E-state index contributed by atoms with van der Waals surface area (Å²) < 4.78 is 0.615. The number of aliphatic hydroxyl groups excluding tert-OH is 2. The van der Waals surface area contributed by atoms with Crippen LogP contribution in [0.15, 0.2) is 16.2 Å². The second-order valence-corrected chi connectivity index (χ2v) is 4.53. The Morgan fingerprint density at radius 2 is 2.41 bits per heavy atom. The molecule has 0 aliphatic carbocycles. The van der Waals surface area contributed by atoms with Crippen LogP contribution in [0.4, 0.5) is 0 Å². The summed E-state index contributed by atoms with van der Waals surface area (Å²) in [6, 6.07) is 1.79. The van der Waals surface area contributed by atoms with Gasteiger partial charge in [-0.1, -0.05) is 0 Å². The number of thiophene rings is 1. The van der Waals surface area contributed by atoms with Crippen LogP contribution >= 0.6 is 11.3 Å². The molecule has 0 aromatic carbocycles. The van der Waals surface area contributed by atoms with Gasteiger partial charge in [0.2, 0.25) is 0 Å². The van der Waals surface area contributed by atoms with E-state index < -0.39 is 6.10 Å². The predicted molar refractivity (Wildman–Crippen MR) is 65.0 cm³/mol. The Kier molecular flexibility index (Phi) is 3.85. The fourth-order valence-electron chi connectivity index (χ4n) is 1.43. The second-order valence-electron chi connectivity index (χ2n) is 3.61. The molecule has 1 atom stereocenters. The molecule has 92 valence electrons. The molecule has 1 unspecified atom stereocenters. The zero-order chi connectivity index (χ0) is 12.3. The van der Waals surface area contributed by atoms with Crippen LogP contribution in [0.5, 0.6) is 0 Å². The summed E-state index contributed by atoms with van der Waals surface area (Å²) in [5, 5.41) is 22.5. The lowest BCUT2D eigenvalue weighted by molar-refractivity contribution is 0.0941.